The molecule has 2 aliphatic carbocycles. The molecule has 2 aliphatic rings. The van der Waals surface area contributed by atoms with Gasteiger partial charge in [0.15, 0.2) is 5.69 Å². The van der Waals surface area contributed by atoms with Crippen LogP contribution in [0.1, 0.15) is 42.9 Å². The minimum Gasteiger partial charge on any atom is -0.280 e. The van der Waals surface area contributed by atoms with Gasteiger partial charge < -0.3 is 0 Å². The molecular formula is C18H19F2N3O. The fourth-order valence-electron chi connectivity index (χ4n) is 3.72. The average Bonchev–Trinajstić information content (AvgIpc) is 3.45. The Morgan fingerprint density at radius 2 is 2.04 bits per heavy atom. The summed E-state index contributed by atoms with van der Waals surface area (Å²) >= 11 is 0. The molecule has 4 nitrogen and oxygen atoms in total. The number of carbonyl (C=O) groups is 1. The first-order valence-corrected chi connectivity index (χ1v) is 8.25. The van der Waals surface area contributed by atoms with Gasteiger partial charge in [-0.3, -0.25) is 14.4 Å². The van der Waals surface area contributed by atoms with Crippen LogP contribution < -0.4 is 4.90 Å². The maximum atomic E-state index is 13.3. The number of amides is 1. The van der Waals surface area contributed by atoms with Gasteiger partial charge in [-0.15, -0.1) is 0 Å². The number of hydrogen-bond acceptors (Lipinski definition) is 2. The maximum absolute atomic E-state index is 13.3. The fourth-order valence-corrected chi connectivity index (χ4v) is 3.72. The van der Waals surface area contributed by atoms with Crippen molar-refractivity contribution in [2.75, 3.05) is 4.90 Å². The molecule has 0 aliphatic heterocycles. The second-order valence-electron chi connectivity index (χ2n) is 6.75. The Morgan fingerprint density at radius 3 is 2.71 bits per heavy atom. The normalized spacial score (nSPS) is 22.7. The van der Waals surface area contributed by atoms with Crippen molar-refractivity contribution in [3.63, 3.8) is 0 Å². The van der Waals surface area contributed by atoms with Crippen molar-refractivity contribution in [3.8, 4) is 0 Å². The van der Waals surface area contributed by atoms with Crippen LogP contribution in [0.4, 0.5) is 20.2 Å². The quantitative estimate of drug-likeness (QED) is 0.745. The van der Waals surface area contributed by atoms with E-state index in [1.54, 1.807) is 7.05 Å². The summed E-state index contributed by atoms with van der Waals surface area (Å²) in [6.45, 7) is 0. The maximum Gasteiger partial charge on any atom is 0.284 e. The Balaban J connectivity index is 1.73. The Bertz CT molecular complexity index is 769. The van der Waals surface area contributed by atoms with Gasteiger partial charge >= 0.3 is 0 Å². The number of alkyl halides is 2. The van der Waals surface area contributed by atoms with Crippen LogP contribution in [-0.4, -0.2) is 16.2 Å². The van der Waals surface area contributed by atoms with E-state index in [1.807, 2.05) is 24.3 Å². The van der Waals surface area contributed by atoms with Crippen molar-refractivity contribution >= 4 is 17.8 Å². The Labute approximate surface area is 139 Å². The molecule has 2 atom stereocenters. The van der Waals surface area contributed by atoms with Crippen molar-refractivity contribution in [1.82, 2.24) is 9.78 Å². The number of hydrogen-bond donors (Lipinski definition) is 0. The lowest BCUT2D eigenvalue weighted by Crippen LogP contribution is -2.17. The highest BCUT2D eigenvalue weighted by Crippen LogP contribution is 2.60. The number of rotatable bonds is 6. The Kier molecular flexibility index (Phi) is 3.62. The van der Waals surface area contributed by atoms with Crippen molar-refractivity contribution in [3.05, 3.63) is 41.7 Å². The van der Waals surface area contributed by atoms with Crippen LogP contribution >= 0.6 is 0 Å². The van der Waals surface area contributed by atoms with Crippen molar-refractivity contribution in [1.29, 1.82) is 0 Å². The summed E-state index contributed by atoms with van der Waals surface area (Å²) in [5, 5.41) is 3.81. The van der Waals surface area contributed by atoms with Crippen LogP contribution in [0, 0.1) is 11.8 Å². The van der Waals surface area contributed by atoms with E-state index < -0.39 is 6.43 Å². The molecule has 0 saturated heterocycles. The van der Waals surface area contributed by atoms with Gasteiger partial charge in [-0.1, -0.05) is 18.2 Å². The second-order valence-corrected chi connectivity index (χ2v) is 6.75. The largest absolute Gasteiger partial charge is 0.284 e. The first-order chi connectivity index (χ1) is 11.6. The number of aromatic nitrogens is 2. The molecule has 0 unspecified atom stereocenters. The lowest BCUT2D eigenvalue weighted by Gasteiger charge is -2.20. The molecule has 1 heterocycles. The summed E-state index contributed by atoms with van der Waals surface area (Å²) in [6, 6.07) is 7.62. The molecule has 1 aromatic carbocycles. The second kappa shape index (κ2) is 5.69. The number of carbonyl (C=O) groups excluding carboxylic acids is 1. The number of aryl methyl sites for hydroxylation is 1. The highest BCUT2D eigenvalue weighted by molar-refractivity contribution is 5.88. The molecule has 2 fully saturated rings. The van der Waals surface area contributed by atoms with Crippen molar-refractivity contribution < 1.29 is 13.6 Å². The molecule has 24 heavy (non-hydrogen) atoms. The first-order valence-electron chi connectivity index (χ1n) is 8.25. The van der Waals surface area contributed by atoms with Gasteiger partial charge in [0, 0.05) is 13.2 Å². The van der Waals surface area contributed by atoms with Crippen molar-refractivity contribution in [2.24, 2.45) is 18.9 Å². The van der Waals surface area contributed by atoms with Gasteiger partial charge in [0.1, 0.15) is 0 Å². The Hall–Kier alpha value is -2.24. The summed E-state index contributed by atoms with van der Waals surface area (Å²) < 4.78 is 27.9. The number of anilines is 2. The summed E-state index contributed by atoms with van der Waals surface area (Å²) in [5.41, 5.74) is 1.55. The van der Waals surface area contributed by atoms with Gasteiger partial charge in [0.25, 0.3) is 6.43 Å². The van der Waals surface area contributed by atoms with Crippen LogP contribution in [-0.2, 0) is 11.8 Å². The standard InChI is InChI=1S/C18H19F2N3O/c1-22-9-16(17(21-22)18(19)20)23(10-24)15-5-3-2-4-12(15)14-8-13(14)11-6-7-11/h2-5,9-11,13-14,18H,6-8H2,1H3/t13-,14-/m0/s1. The minimum absolute atomic E-state index is 0.151. The predicted octanol–water partition coefficient (Wildman–Crippen LogP) is 4.17. The molecule has 6 heteroatoms. The molecule has 126 valence electrons. The molecule has 1 amide bonds. The van der Waals surface area contributed by atoms with E-state index in [4.69, 9.17) is 0 Å². The zero-order valence-electron chi connectivity index (χ0n) is 13.4. The SMILES string of the molecule is Cn1cc(N(C=O)c2ccccc2[C@@H]2C[C@H]2C2CC2)c(C(F)F)n1. The van der Waals surface area contributed by atoms with E-state index in [9.17, 15) is 13.6 Å². The predicted molar refractivity (Wildman–Crippen MR) is 86.4 cm³/mol. The summed E-state index contributed by atoms with van der Waals surface area (Å²) in [4.78, 5) is 13.1. The molecule has 0 N–H and O–H groups in total. The topological polar surface area (TPSA) is 38.1 Å². The molecule has 0 radical (unpaired) electrons. The molecule has 4 rings (SSSR count). The van der Waals surface area contributed by atoms with E-state index in [1.165, 1.54) is 28.6 Å². The smallest absolute Gasteiger partial charge is 0.280 e. The zero-order chi connectivity index (χ0) is 16.8. The first kappa shape index (κ1) is 15.3. The summed E-state index contributed by atoms with van der Waals surface area (Å²) in [5.74, 6) is 1.92. The average molecular weight is 331 g/mol. The third-order valence-electron chi connectivity index (χ3n) is 5.07. The number of benzene rings is 1. The monoisotopic (exact) mass is 331 g/mol. The molecule has 1 aromatic heterocycles. The van der Waals surface area contributed by atoms with Crippen LogP contribution in [0.15, 0.2) is 30.5 Å². The van der Waals surface area contributed by atoms with Crippen LogP contribution in [0.25, 0.3) is 0 Å². The highest BCUT2D eigenvalue weighted by atomic mass is 19.3. The molecule has 2 aromatic rings. The number of nitrogens with zero attached hydrogens (tertiary/aromatic N) is 3. The molecular weight excluding hydrogens is 312 g/mol. The van der Waals surface area contributed by atoms with Gasteiger partial charge in [0.05, 0.1) is 11.4 Å². The lowest BCUT2D eigenvalue weighted by atomic mass is 10.0. The minimum atomic E-state index is -2.73. The van der Waals surface area contributed by atoms with Gasteiger partial charge in [-0.2, -0.15) is 5.10 Å². The zero-order valence-corrected chi connectivity index (χ0v) is 13.4. The fraction of sp³-hybridized carbons (Fsp3) is 0.444. The number of halogens is 2. The van der Waals surface area contributed by atoms with E-state index in [2.05, 4.69) is 5.10 Å². The molecule has 2 saturated carbocycles. The molecule has 0 bridgehead atoms. The van der Waals surface area contributed by atoms with Gasteiger partial charge in [-0.25, -0.2) is 8.78 Å². The van der Waals surface area contributed by atoms with E-state index >= 15 is 0 Å². The van der Waals surface area contributed by atoms with Crippen LogP contribution in [0.3, 0.4) is 0 Å². The lowest BCUT2D eigenvalue weighted by molar-refractivity contribution is -0.106. The molecule has 0 spiro atoms. The van der Waals surface area contributed by atoms with Gasteiger partial charge in [0.2, 0.25) is 6.41 Å². The summed E-state index contributed by atoms with van der Waals surface area (Å²) in [6.07, 6.45) is 3.06. The third-order valence-corrected chi connectivity index (χ3v) is 5.07. The number of para-hydroxylation sites is 1. The van der Waals surface area contributed by atoms with Crippen LogP contribution in [0.2, 0.25) is 0 Å². The van der Waals surface area contributed by atoms with E-state index in [0.717, 1.165) is 17.9 Å². The van der Waals surface area contributed by atoms with Crippen molar-refractivity contribution in [2.45, 2.75) is 31.6 Å². The third kappa shape index (κ3) is 2.60. The van der Waals surface area contributed by atoms with Crippen LogP contribution in [0.5, 0.6) is 0 Å². The summed E-state index contributed by atoms with van der Waals surface area (Å²) in [7, 11) is 1.58. The highest BCUT2D eigenvalue weighted by Gasteiger charge is 2.49. The Morgan fingerprint density at radius 1 is 1.29 bits per heavy atom. The van der Waals surface area contributed by atoms with Gasteiger partial charge in [-0.05, 0) is 48.6 Å². The van der Waals surface area contributed by atoms with E-state index in [0.29, 0.717) is 23.9 Å². The van der Waals surface area contributed by atoms with E-state index in [-0.39, 0.29) is 11.4 Å².